The first-order chi connectivity index (χ1) is 8.22. The molecule has 1 amide bonds. The third-order valence-electron chi connectivity index (χ3n) is 3.12. The lowest BCUT2D eigenvalue weighted by Crippen LogP contribution is -2.23. The fraction of sp³-hybridized carbons (Fsp3) is 0.500. The molecule has 1 aliphatic heterocycles. The number of nitrogens with one attached hydrogen (secondary N) is 1. The van der Waals surface area contributed by atoms with Crippen molar-refractivity contribution < 1.29 is 9.53 Å². The number of ether oxygens (including phenoxy) is 1. The Kier molecular flexibility index (Phi) is 2.48. The van der Waals surface area contributed by atoms with Gasteiger partial charge in [0.2, 0.25) is 5.91 Å². The van der Waals surface area contributed by atoms with Crippen molar-refractivity contribution in [1.82, 2.24) is 4.98 Å². The molecule has 1 atom stereocenters. The summed E-state index contributed by atoms with van der Waals surface area (Å²) in [5.74, 6) is 0.414. The maximum atomic E-state index is 11.0. The minimum atomic E-state index is -0.432. The highest BCUT2D eigenvalue weighted by molar-refractivity contribution is 5.93. The SMILES string of the molecule is NC(=O)c1cnc2c(c1)C[C@@H](COC1CC1)N2. The largest absolute Gasteiger partial charge is 0.376 e. The van der Waals surface area contributed by atoms with Crippen molar-refractivity contribution >= 4 is 11.7 Å². The van der Waals surface area contributed by atoms with E-state index in [1.807, 2.05) is 6.07 Å². The van der Waals surface area contributed by atoms with Crippen LogP contribution in [0.1, 0.15) is 28.8 Å². The molecule has 0 spiro atoms. The maximum Gasteiger partial charge on any atom is 0.250 e. The van der Waals surface area contributed by atoms with Gasteiger partial charge in [-0.15, -0.1) is 0 Å². The van der Waals surface area contributed by atoms with E-state index in [0.717, 1.165) is 17.8 Å². The topological polar surface area (TPSA) is 77.2 Å². The van der Waals surface area contributed by atoms with Gasteiger partial charge in [0.15, 0.2) is 0 Å². The smallest absolute Gasteiger partial charge is 0.250 e. The Labute approximate surface area is 99.4 Å². The van der Waals surface area contributed by atoms with E-state index in [0.29, 0.717) is 18.3 Å². The molecule has 1 fully saturated rings. The van der Waals surface area contributed by atoms with Gasteiger partial charge in [-0.05, 0) is 30.9 Å². The summed E-state index contributed by atoms with van der Waals surface area (Å²) in [6.07, 6.45) is 5.19. The van der Waals surface area contributed by atoms with E-state index in [-0.39, 0.29) is 6.04 Å². The first-order valence-electron chi connectivity index (χ1n) is 5.89. The number of pyridine rings is 1. The Bertz CT molecular complexity index is 457. The number of nitrogens with two attached hydrogens (primary N) is 1. The number of primary amides is 1. The molecule has 3 rings (SSSR count). The normalized spacial score (nSPS) is 22.0. The van der Waals surface area contributed by atoms with Crippen LogP contribution in [0.2, 0.25) is 0 Å². The minimum absolute atomic E-state index is 0.265. The van der Waals surface area contributed by atoms with E-state index in [1.165, 1.54) is 19.0 Å². The molecule has 1 saturated carbocycles. The molecular formula is C12H15N3O2. The Hall–Kier alpha value is -1.62. The van der Waals surface area contributed by atoms with Crippen molar-refractivity contribution in [1.29, 1.82) is 0 Å². The Morgan fingerprint density at radius 3 is 3.12 bits per heavy atom. The molecule has 5 nitrogen and oxygen atoms in total. The zero-order chi connectivity index (χ0) is 11.8. The Morgan fingerprint density at radius 2 is 2.41 bits per heavy atom. The van der Waals surface area contributed by atoms with Crippen LogP contribution in [-0.2, 0) is 11.2 Å². The van der Waals surface area contributed by atoms with Crippen LogP contribution in [0.5, 0.6) is 0 Å². The molecule has 1 aromatic rings. The summed E-state index contributed by atoms with van der Waals surface area (Å²) in [6.45, 7) is 0.701. The molecule has 0 saturated heterocycles. The van der Waals surface area contributed by atoms with Crippen LogP contribution < -0.4 is 11.1 Å². The molecule has 2 heterocycles. The van der Waals surface area contributed by atoms with Crippen LogP contribution >= 0.6 is 0 Å². The number of anilines is 1. The summed E-state index contributed by atoms with van der Waals surface area (Å²) in [6, 6.07) is 2.08. The van der Waals surface area contributed by atoms with Crippen LogP contribution in [0.4, 0.5) is 5.82 Å². The summed E-state index contributed by atoms with van der Waals surface area (Å²) in [5.41, 5.74) is 6.74. The van der Waals surface area contributed by atoms with Crippen LogP contribution in [0.3, 0.4) is 0 Å². The first-order valence-corrected chi connectivity index (χ1v) is 5.89. The third-order valence-corrected chi connectivity index (χ3v) is 3.12. The number of amides is 1. The third kappa shape index (κ3) is 2.24. The zero-order valence-corrected chi connectivity index (χ0v) is 9.48. The molecule has 1 aliphatic carbocycles. The van der Waals surface area contributed by atoms with Gasteiger partial charge in [-0.3, -0.25) is 4.79 Å². The summed E-state index contributed by atoms with van der Waals surface area (Å²) < 4.78 is 5.66. The molecule has 90 valence electrons. The van der Waals surface area contributed by atoms with Crippen molar-refractivity contribution in [3.63, 3.8) is 0 Å². The molecule has 17 heavy (non-hydrogen) atoms. The fourth-order valence-electron chi connectivity index (χ4n) is 2.03. The standard InChI is InChI=1S/C12H15N3O2/c13-11(16)8-3-7-4-9(6-17-10-1-2-10)15-12(7)14-5-8/h3,5,9-10H,1-2,4,6H2,(H2,13,16)(H,14,15)/t9-/m0/s1. The number of aromatic nitrogens is 1. The summed E-state index contributed by atoms with van der Waals surface area (Å²) >= 11 is 0. The predicted molar refractivity (Wildman–Crippen MR) is 62.8 cm³/mol. The number of hydrogen-bond donors (Lipinski definition) is 2. The lowest BCUT2D eigenvalue weighted by Gasteiger charge is -2.10. The van der Waals surface area contributed by atoms with Gasteiger partial charge in [0.25, 0.3) is 0 Å². The van der Waals surface area contributed by atoms with E-state index in [9.17, 15) is 4.79 Å². The highest BCUT2D eigenvalue weighted by atomic mass is 16.5. The van der Waals surface area contributed by atoms with Gasteiger partial charge in [-0.2, -0.15) is 0 Å². The van der Waals surface area contributed by atoms with E-state index < -0.39 is 5.91 Å². The van der Waals surface area contributed by atoms with E-state index in [4.69, 9.17) is 10.5 Å². The lowest BCUT2D eigenvalue weighted by atomic mass is 10.1. The summed E-state index contributed by atoms with van der Waals surface area (Å²) in [4.78, 5) is 15.2. The molecule has 0 aromatic carbocycles. The van der Waals surface area contributed by atoms with Crippen LogP contribution in [0, 0.1) is 0 Å². The van der Waals surface area contributed by atoms with Gasteiger partial charge in [0.05, 0.1) is 24.3 Å². The lowest BCUT2D eigenvalue weighted by molar-refractivity contribution is 0.1000. The molecule has 0 radical (unpaired) electrons. The second-order valence-corrected chi connectivity index (χ2v) is 4.67. The highest BCUT2D eigenvalue weighted by Crippen LogP contribution is 2.27. The van der Waals surface area contributed by atoms with Crippen LogP contribution in [0.25, 0.3) is 0 Å². The number of rotatable bonds is 4. The van der Waals surface area contributed by atoms with E-state index in [2.05, 4.69) is 10.3 Å². The predicted octanol–water partition coefficient (Wildman–Crippen LogP) is 0.696. The van der Waals surface area contributed by atoms with Crippen molar-refractivity contribution in [2.24, 2.45) is 5.73 Å². The van der Waals surface area contributed by atoms with Gasteiger partial charge >= 0.3 is 0 Å². The van der Waals surface area contributed by atoms with Crippen LogP contribution in [-0.4, -0.2) is 29.6 Å². The van der Waals surface area contributed by atoms with Gasteiger partial charge < -0.3 is 15.8 Å². The second kappa shape index (κ2) is 4.00. The van der Waals surface area contributed by atoms with Gasteiger partial charge in [0.1, 0.15) is 5.82 Å². The molecule has 0 unspecified atom stereocenters. The average molecular weight is 233 g/mol. The molecule has 3 N–H and O–H groups in total. The van der Waals surface area contributed by atoms with Gasteiger partial charge in [0, 0.05) is 6.20 Å². The van der Waals surface area contributed by atoms with Gasteiger partial charge in [-0.25, -0.2) is 4.98 Å². The number of fused-ring (bicyclic) bond motifs is 1. The molecular weight excluding hydrogens is 218 g/mol. The average Bonchev–Trinajstić information content (AvgIpc) is 3.04. The van der Waals surface area contributed by atoms with Crippen molar-refractivity contribution in [3.05, 3.63) is 23.4 Å². The molecule has 2 aliphatic rings. The molecule has 1 aromatic heterocycles. The van der Waals surface area contributed by atoms with Crippen LogP contribution in [0.15, 0.2) is 12.3 Å². The minimum Gasteiger partial charge on any atom is -0.376 e. The van der Waals surface area contributed by atoms with Crippen molar-refractivity contribution in [2.45, 2.75) is 31.4 Å². The second-order valence-electron chi connectivity index (χ2n) is 4.67. The van der Waals surface area contributed by atoms with E-state index >= 15 is 0 Å². The zero-order valence-electron chi connectivity index (χ0n) is 9.48. The summed E-state index contributed by atoms with van der Waals surface area (Å²) in [5, 5.41) is 3.30. The van der Waals surface area contributed by atoms with Crippen molar-refractivity contribution in [2.75, 3.05) is 11.9 Å². The fourth-order valence-corrected chi connectivity index (χ4v) is 2.03. The monoisotopic (exact) mass is 233 g/mol. The number of carbonyl (C=O) groups is 1. The highest BCUT2D eigenvalue weighted by Gasteiger charge is 2.27. The van der Waals surface area contributed by atoms with Crippen molar-refractivity contribution in [3.8, 4) is 0 Å². The number of carbonyl (C=O) groups excluding carboxylic acids is 1. The first kappa shape index (κ1) is 10.5. The molecule has 5 heteroatoms. The quantitative estimate of drug-likeness (QED) is 0.802. The molecule has 0 bridgehead atoms. The maximum absolute atomic E-state index is 11.0. The number of nitrogens with zero attached hydrogens (tertiary/aromatic N) is 1. The van der Waals surface area contributed by atoms with Gasteiger partial charge in [-0.1, -0.05) is 0 Å². The Morgan fingerprint density at radius 1 is 1.59 bits per heavy atom. The Balaban J connectivity index is 1.67. The summed E-state index contributed by atoms with van der Waals surface area (Å²) in [7, 11) is 0. The number of hydrogen-bond acceptors (Lipinski definition) is 4. The van der Waals surface area contributed by atoms with E-state index in [1.54, 1.807) is 0 Å².